The molecule has 0 radical (unpaired) electrons. The van der Waals surface area contributed by atoms with Crippen LogP contribution in [-0.4, -0.2) is 6.61 Å². The Morgan fingerprint density at radius 2 is 1.18 bits per heavy atom. The maximum absolute atomic E-state index is 14.5. The number of rotatable bonds is 8. The van der Waals surface area contributed by atoms with Crippen LogP contribution in [0, 0.1) is 40.9 Å². The van der Waals surface area contributed by atoms with Gasteiger partial charge in [0.15, 0.2) is 17.5 Å². The van der Waals surface area contributed by atoms with Crippen LogP contribution in [0.25, 0.3) is 11.1 Å². The zero-order chi connectivity index (χ0) is 28.9. The first-order valence-corrected chi connectivity index (χ1v) is 12.1. The van der Waals surface area contributed by atoms with Gasteiger partial charge in [0.05, 0.1) is 6.61 Å². The Hall–Kier alpha value is -4.45. The molecule has 9 heteroatoms. The van der Waals surface area contributed by atoms with Crippen molar-refractivity contribution in [2.24, 2.45) is 0 Å². The van der Waals surface area contributed by atoms with Crippen molar-refractivity contribution >= 4 is 0 Å². The highest BCUT2D eigenvalue weighted by Crippen LogP contribution is 2.36. The highest BCUT2D eigenvalue weighted by atomic mass is 19.3. The molecule has 0 aliphatic rings. The lowest BCUT2D eigenvalue weighted by Gasteiger charge is -2.19. The van der Waals surface area contributed by atoms with E-state index in [-0.39, 0.29) is 17.7 Å². The summed E-state index contributed by atoms with van der Waals surface area (Å²) < 4.78 is 108. The minimum atomic E-state index is -4.67. The summed E-state index contributed by atoms with van der Waals surface area (Å²) in [7, 11) is 0. The summed E-state index contributed by atoms with van der Waals surface area (Å²) in [4.78, 5) is 0. The van der Waals surface area contributed by atoms with Crippen LogP contribution in [0.15, 0.2) is 72.8 Å². The van der Waals surface area contributed by atoms with Gasteiger partial charge in [0.25, 0.3) is 0 Å². The first-order chi connectivity index (χ1) is 19.1. The van der Waals surface area contributed by atoms with E-state index in [4.69, 9.17) is 4.74 Å². The van der Waals surface area contributed by atoms with E-state index in [1.807, 2.05) is 24.3 Å². The summed E-state index contributed by atoms with van der Waals surface area (Å²) in [6, 6.07) is 16.0. The topological polar surface area (TPSA) is 18.5 Å². The van der Waals surface area contributed by atoms with Crippen molar-refractivity contribution in [1.29, 1.82) is 0 Å². The molecule has 206 valence electrons. The average molecular weight is 558 g/mol. The molecule has 0 saturated carbocycles. The van der Waals surface area contributed by atoms with E-state index in [9.17, 15) is 30.7 Å². The number of hydrogen-bond donors (Lipinski definition) is 0. The molecule has 0 bridgehead atoms. The zero-order valence-electron chi connectivity index (χ0n) is 21.0. The van der Waals surface area contributed by atoms with Crippen LogP contribution in [0.3, 0.4) is 0 Å². The molecule has 4 aromatic carbocycles. The Morgan fingerprint density at radius 1 is 0.650 bits per heavy atom. The Balaban J connectivity index is 1.48. The fraction of sp³-hybridized carbons (Fsp3) is 0.161. The first kappa shape index (κ1) is 28.6. The molecule has 0 saturated heterocycles. The summed E-state index contributed by atoms with van der Waals surface area (Å²) in [5.74, 6) is -4.10. The van der Waals surface area contributed by atoms with Gasteiger partial charge in [-0.15, -0.1) is 0 Å². The molecule has 0 aliphatic carbocycles. The lowest BCUT2D eigenvalue weighted by molar-refractivity contribution is -0.189. The molecule has 0 heterocycles. The fourth-order valence-corrected chi connectivity index (χ4v) is 3.68. The monoisotopic (exact) mass is 558 g/mol. The smallest absolute Gasteiger partial charge is 0.432 e. The van der Waals surface area contributed by atoms with Gasteiger partial charge in [-0.3, -0.25) is 0 Å². The third-order valence-corrected chi connectivity index (χ3v) is 5.73. The number of hydrogen-bond acceptors (Lipinski definition) is 2. The molecule has 0 N–H and O–H groups in total. The Morgan fingerprint density at radius 3 is 1.73 bits per heavy atom. The number of unbranched alkanes of at least 4 members (excludes halogenated alkanes) is 1. The standard InChI is InChI=1S/C31H21F7O2/c1-2-3-14-39-23-12-10-22(11-13-23)21-8-6-19(7-9-21)4-5-20-15-25(32)29(26(33)16-20)31(37,38)40-24-17-27(34)30(36)28(35)18-24/h6-13,15-18H,2-3,14H2,1H3. The highest BCUT2D eigenvalue weighted by molar-refractivity contribution is 5.65. The molecule has 0 fully saturated rings. The second kappa shape index (κ2) is 12.2. The van der Waals surface area contributed by atoms with Crippen molar-refractivity contribution < 1.29 is 40.2 Å². The summed E-state index contributed by atoms with van der Waals surface area (Å²) in [6.45, 7) is 2.73. The van der Waals surface area contributed by atoms with E-state index in [0.717, 1.165) is 29.7 Å². The largest absolute Gasteiger partial charge is 0.494 e. The zero-order valence-corrected chi connectivity index (χ0v) is 21.0. The second-order valence-corrected chi connectivity index (χ2v) is 8.69. The molecule has 0 amide bonds. The molecular formula is C31H21F7O2. The quantitative estimate of drug-likeness (QED) is 0.0932. The van der Waals surface area contributed by atoms with Gasteiger partial charge in [0.2, 0.25) is 0 Å². The van der Waals surface area contributed by atoms with Crippen molar-refractivity contribution in [3.63, 3.8) is 0 Å². The molecule has 0 unspecified atom stereocenters. The maximum atomic E-state index is 14.5. The van der Waals surface area contributed by atoms with Crippen LogP contribution >= 0.6 is 0 Å². The molecular weight excluding hydrogens is 537 g/mol. The van der Waals surface area contributed by atoms with Gasteiger partial charge >= 0.3 is 6.11 Å². The lowest BCUT2D eigenvalue weighted by atomic mass is 10.0. The molecule has 40 heavy (non-hydrogen) atoms. The van der Waals surface area contributed by atoms with Gasteiger partial charge in [-0.05, 0) is 53.9 Å². The number of benzene rings is 4. The third kappa shape index (κ3) is 6.75. The van der Waals surface area contributed by atoms with E-state index in [1.165, 1.54) is 0 Å². The summed E-state index contributed by atoms with van der Waals surface area (Å²) in [5.41, 5.74) is 0.305. The Bertz CT molecular complexity index is 1510. The average Bonchev–Trinajstić information content (AvgIpc) is 2.90. The minimum Gasteiger partial charge on any atom is -0.494 e. The van der Waals surface area contributed by atoms with Crippen LogP contribution < -0.4 is 9.47 Å². The van der Waals surface area contributed by atoms with E-state index in [2.05, 4.69) is 23.5 Å². The molecule has 0 aliphatic heterocycles. The van der Waals surface area contributed by atoms with Gasteiger partial charge in [0.1, 0.15) is 28.7 Å². The van der Waals surface area contributed by atoms with Gasteiger partial charge in [-0.2, -0.15) is 8.78 Å². The second-order valence-electron chi connectivity index (χ2n) is 8.69. The van der Waals surface area contributed by atoms with Crippen molar-refractivity contribution in [2.75, 3.05) is 6.61 Å². The molecule has 2 nitrogen and oxygen atoms in total. The van der Waals surface area contributed by atoms with Crippen LogP contribution in [0.2, 0.25) is 0 Å². The van der Waals surface area contributed by atoms with Crippen LogP contribution in [0.1, 0.15) is 36.5 Å². The summed E-state index contributed by atoms with van der Waals surface area (Å²) >= 11 is 0. The van der Waals surface area contributed by atoms with E-state index < -0.39 is 46.5 Å². The summed E-state index contributed by atoms with van der Waals surface area (Å²) in [5, 5.41) is 0. The van der Waals surface area contributed by atoms with E-state index >= 15 is 0 Å². The van der Waals surface area contributed by atoms with E-state index in [1.54, 1.807) is 24.3 Å². The van der Waals surface area contributed by atoms with Crippen molar-refractivity contribution in [1.82, 2.24) is 0 Å². The molecule has 0 aromatic heterocycles. The van der Waals surface area contributed by atoms with Crippen LogP contribution in [0.5, 0.6) is 11.5 Å². The van der Waals surface area contributed by atoms with Gasteiger partial charge < -0.3 is 9.47 Å². The van der Waals surface area contributed by atoms with Gasteiger partial charge in [-0.25, -0.2) is 22.0 Å². The van der Waals surface area contributed by atoms with Gasteiger partial charge in [-0.1, -0.05) is 49.5 Å². The van der Waals surface area contributed by atoms with Crippen molar-refractivity contribution in [3.05, 3.63) is 119 Å². The first-order valence-electron chi connectivity index (χ1n) is 12.1. The third-order valence-electron chi connectivity index (χ3n) is 5.73. The highest BCUT2D eigenvalue weighted by Gasteiger charge is 2.41. The predicted octanol–water partition coefficient (Wildman–Crippen LogP) is 8.76. The summed E-state index contributed by atoms with van der Waals surface area (Å²) in [6.07, 6.45) is -2.66. The fourth-order valence-electron chi connectivity index (χ4n) is 3.68. The number of alkyl halides is 2. The van der Waals surface area contributed by atoms with Crippen molar-refractivity contribution in [3.8, 4) is 34.5 Å². The predicted molar refractivity (Wildman–Crippen MR) is 135 cm³/mol. The Kier molecular flexibility index (Phi) is 8.68. The Labute approximate surface area is 226 Å². The minimum absolute atomic E-state index is 0.130. The number of ether oxygens (including phenoxy) is 2. The molecule has 0 spiro atoms. The van der Waals surface area contributed by atoms with Crippen LogP contribution in [-0.2, 0) is 6.11 Å². The van der Waals surface area contributed by atoms with E-state index in [0.29, 0.717) is 24.3 Å². The van der Waals surface area contributed by atoms with Crippen molar-refractivity contribution in [2.45, 2.75) is 25.9 Å². The van der Waals surface area contributed by atoms with Crippen LogP contribution in [0.4, 0.5) is 30.7 Å². The normalized spacial score (nSPS) is 11.1. The maximum Gasteiger partial charge on any atom is 0.432 e. The van der Waals surface area contributed by atoms with Gasteiger partial charge in [0, 0.05) is 23.3 Å². The number of halogens is 7. The molecule has 4 aromatic rings. The SMILES string of the molecule is CCCCOc1ccc(-c2ccc(C#Cc3cc(F)c(C(F)(F)Oc4cc(F)c(F)c(F)c4)c(F)c3)cc2)cc1. The molecule has 4 rings (SSSR count). The molecule has 0 atom stereocenters. The lowest BCUT2D eigenvalue weighted by Crippen LogP contribution is -2.25.